The van der Waals surface area contributed by atoms with Crippen LogP contribution in [0.5, 0.6) is 0 Å². The minimum atomic E-state index is -4.60. The first-order valence-corrected chi connectivity index (χ1v) is 10.3. The van der Waals surface area contributed by atoms with E-state index < -0.39 is 17.4 Å². The van der Waals surface area contributed by atoms with Crippen molar-refractivity contribution in [2.24, 2.45) is 7.05 Å². The Morgan fingerprint density at radius 3 is 2.62 bits per heavy atom. The summed E-state index contributed by atoms with van der Waals surface area (Å²) in [5, 5.41) is 8.11. The molecule has 0 saturated carbocycles. The van der Waals surface area contributed by atoms with E-state index in [2.05, 4.69) is 20.2 Å². The summed E-state index contributed by atoms with van der Waals surface area (Å²) in [5.41, 5.74) is 0.763. The highest BCUT2D eigenvalue weighted by Crippen LogP contribution is 2.33. The maximum Gasteiger partial charge on any atom is 0.418 e. The van der Waals surface area contributed by atoms with Crippen molar-refractivity contribution in [1.82, 2.24) is 33.7 Å². The number of halogens is 3. The van der Waals surface area contributed by atoms with Gasteiger partial charge in [0.05, 0.1) is 22.5 Å². The lowest BCUT2D eigenvalue weighted by Crippen LogP contribution is -2.19. The van der Waals surface area contributed by atoms with Gasteiger partial charge in [-0.3, -0.25) is 8.97 Å². The molecule has 0 unspecified atom stereocenters. The lowest BCUT2D eigenvalue weighted by molar-refractivity contribution is -0.136. The van der Waals surface area contributed by atoms with Crippen LogP contribution in [0.2, 0.25) is 0 Å². The van der Waals surface area contributed by atoms with E-state index in [9.17, 15) is 18.0 Å². The fourth-order valence-electron chi connectivity index (χ4n) is 4.00. The molecular weight excluding hydrogens is 447 g/mol. The Labute approximate surface area is 191 Å². The van der Waals surface area contributed by atoms with E-state index in [1.165, 1.54) is 29.4 Å². The van der Waals surface area contributed by atoms with Crippen LogP contribution in [-0.4, -0.2) is 33.7 Å². The van der Waals surface area contributed by atoms with Crippen molar-refractivity contribution >= 4 is 5.52 Å². The Kier molecular flexibility index (Phi) is 5.03. The normalized spacial score (nSPS) is 12.9. The van der Waals surface area contributed by atoms with E-state index >= 15 is 0 Å². The monoisotopic (exact) mass is 465 g/mol. The Bertz CT molecular complexity index is 1550. The number of benzene rings is 1. The lowest BCUT2D eigenvalue weighted by Gasteiger charge is -2.15. The molecule has 0 fully saturated rings. The zero-order valence-electron chi connectivity index (χ0n) is 18.1. The van der Waals surface area contributed by atoms with Gasteiger partial charge in [0.2, 0.25) is 0 Å². The van der Waals surface area contributed by atoms with E-state index in [1.807, 2.05) is 20.0 Å². The Hall–Kier alpha value is -4.28. The van der Waals surface area contributed by atoms with E-state index in [4.69, 9.17) is 0 Å². The van der Waals surface area contributed by atoms with E-state index in [1.54, 1.807) is 35.3 Å². The molecule has 0 bridgehead atoms. The van der Waals surface area contributed by atoms with E-state index in [0.717, 1.165) is 16.0 Å². The topological polar surface area (TPSA) is 82.9 Å². The molecule has 0 saturated heterocycles. The van der Waals surface area contributed by atoms with Gasteiger partial charge in [-0.05, 0) is 42.0 Å². The highest BCUT2D eigenvalue weighted by atomic mass is 19.4. The van der Waals surface area contributed by atoms with Gasteiger partial charge in [0, 0.05) is 37.1 Å². The standard InChI is InChI=1S/C23H18F3N7O/c1-14(21-30-29-13-31(21)2)15-8-16(19-5-6-27-12-28-19)10-17(9-15)33-11-20-18(23(24,25)26)4-3-7-32(20)22(33)34/h3-14H,1-2H3/t14-/m0/s1. The molecule has 0 aliphatic carbocycles. The van der Waals surface area contributed by atoms with Gasteiger partial charge in [0.15, 0.2) is 0 Å². The van der Waals surface area contributed by atoms with Crippen molar-refractivity contribution in [2.75, 3.05) is 0 Å². The molecule has 0 aliphatic heterocycles. The molecule has 5 aromatic rings. The number of aryl methyl sites for hydroxylation is 1. The molecule has 0 amide bonds. The second-order valence-electron chi connectivity index (χ2n) is 7.89. The lowest BCUT2D eigenvalue weighted by atomic mass is 9.96. The number of imidazole rings is 1. The molecule has 4 aromatic heterocycles. The largest absolute Gasteiger partial charge is 0.418 e. The van der Waals surface area contributed by atoms with Crippen molar-refractivity contribution in [1.29, 1.82) is 0 Å². The third-order valence-electron chi connectivity index (χ3n) is 5.73. The maximum atomic E-state index is 13.6. The van der Waals surface area contributed by atoms with Gasteiger partial charge in [0.1, 0.15) is 18.5 Å². The zero-order chi connectivity index (χ0) is 24.0. The summed E-state index contributed by atoms with van der Waals surface area (Å²) in [4.78, 5) is 21.4. The molecule has 172 valence electrons. The first-order chi connectivity index (χ1) is 16.2. The fourth-order valence-corrected chi connectivity index (χ4v) is 4.00. The third kappa shape index (κ3) is 3.64. The van der Waals surface area contributed by atoms with Crippen molar-refractivity contribution in [3.8, 4) is 16.9 Å². The van der Waals surface area contributed by atoms with Gasteiger partial charge >= 0.3 is 11.9 Å². The first kappa shape index (κ1) is 21.6. The van der Waals surface area contributed by atoms with E-state index in [0.29, 0.717) is 22.8 Å². The third-order valence-corrected chi connectivity index (χ3v) is 5.73. The number of rotatable bonds is 4. The van der Waals surface area contributed by atoms with Crippen LogP contribution in [0.15, 0.2) is 72.4 Å². The Morgan fingerprint density at radius 2 is 1.94 bits per heavy atom. The molecule has 8 nitrogen and oxygen atoms in total. The van der Waals surface area contributed by atoms with E-state index in [-0.39, 0.29) is 11.4 Å². The van der Waals surface area contributed by atoms with Crippen LogP contribution in [0.25, 0.3) is 22.5 Å². The minimum absolute atomic E-state index is 0.216. The van der Waals surface area contributed by atoms with Gasteiger partial charge < -0.3 is 4.57 Å². The van der Waals surface area contributed by atoms with Crippen LogP contribution in [0.4, 0.5) is 13.2 Å². The van der Waals surface area contributed by atoms with Crippen LogP contribution in [0, 0.1) is 0 Å². The number of alkyl halides is 3. The Balaban J connectivity index is 1.75. The molecule has 1 atom stereocenters. The van der Waals surface area contributed by atoms with Gasteiger partial charge in [0.25, 0.3) is 0 Å². The molecular formula is C23H18F3N7O. The second-order valence-corrected chi connectivity index (χ2v) is 7.89. The molecule has 0 radical (unpaired) electrons. The highest BCUT2D eigenvalue weighted by Gasteiger charge is 2.33. The van der Waals surface area contributed by atoms with Crippen molar-refractivity contribution in [3.63, 3.8) is 0 Å². The average Bonchev–Trinajstić information content (AvgIpc) is 3.41. The molecule has 5 rings (SSSR count). The zero-order valence-corrected chi connectivity index (χ0v) is 18.1. The SMILES string of the molecule is C[C@@H](c1cc(-c2ccncn2)cc(-n2cc3c(C(F)(F)F)cccn3c2=O)c1)c1nncn1C. The number of hydrogen-bond donors (Lipinski definition) is 0. The van der Waals surface area contributed by atoms with Crippen LogP contribution in [-0.2, 0) is 13.2 Å². The van der Waals surface area contributed by atoms with Crippen molar-refractivity contribution in [2.45, 2.75) is 19.0 Å². The predicted octanol–water partition coefficient (Wildman–Crippen LogP) is 3.85. The molecule has 1 aromatic carbocycles. The van der Waals surface area contributed by atoms with Gasteiger partial charge in [-0.1, -0.05) is 6.92 Å². The Morgan fingerprint density at radius 1 is 1.12 bits per heavy atom. The van der Waals surface area contributed by atoms with Crippen LogP contribution in [0.1, 0.15) is 29.8 Å². The molecule has 34 heavy (non-hydrogen) atoms. The summed E-state index contributed by atoms with van der Waals surface area (Å²) in [5.74, 6) is 0.478. The fraction of sp³-hybridized carbons (Fsp3) is 0.174. The number of pyridine rings is 1. The summed E-state index contributed by atoms with van der Waals surface area (Å²) in [6, 6.07) is 9.27. The summed E-state index contributed by atoms with van der Waals surface area (Å²) in [7, 11) is 1.82. The number of fused-ring (bicyclic) bond motifs is 1. The highest BCUT2D eigenvalue weighted by molar-refractivity contribution is 5.65. The van der Waals surface area contributed by atoms with Crippen LogP contribution in [0.3, 0.4) is 0 Å². The first-order valence-electron chi connectivity index (χ1n) is 10.3. The summed E-state index contributed by atoms with van der Waals surface area (Å²) >= 11 is 0. The predicted molar refractivity (Wildman–Crippen MR) is 118 cm³/mol. The molecule has 0 aliphatic rings. The smallest absolute Gasteiger partial charge is 0.320 e. The summed E-state index contributed by atoms with van der Waals surface area (Å²) in [6.45, 7) is 1.94. The number of hydrogen-bond acceptors (Lipinski definition) is 5. The molecule has 0 N–H and O–H groups in total. The van der Waals surface area contributed by atoms with Gasteiger partial charge in [-0.15, -0.1) is 10.2 Å². The molecule has 11 heteroatoms. The average molecular weight is 465 g/mol. The maximum absolute atomic E-state index is 13.6. The second kappa shape index (κ2) is 7.94. The summed E-state index contributed by atoms with van der Waals surface area (Å²) < 4.78 is 44.7. The molecule has 0 spiro atoms. The molecule has 4 heterocycles. The number of aromatic nitrogens is 7. The van der Waals surface area contributed by atoms with Crippen molar-refractivity contribution < 1.29 is 13.2 Å². The summed E-state index contributed by atoms with van der Waals surface area (Å²) in [6.07, 6.45) is 2.52. The van der Waals surface area contributed by atoms with Gasteiger partial charge in [-0.25, -0.2) is 14.8 Å². The number of nitrogens with zero attached hydrogens (tertiary/aromatic N) is 7. The van der Waals surface area contributed by atoms with Gasteiger partial charge in [-0.2, -0.15) is 13.2 Å². The minimum Gasteiger partial charge on any atom is -0.320 e. The van der Waals surface area contributed by atoms with Crippen LogP contribution >= 0.6 is 0 Å². The van der Waals surface area contributed by atoms with Crippen LogP contribution < -0.4 is 5.69 Å². The quantitative estimate of drug-likeness (QED) is 0.403. The van der Waals surface area contributed by atoms with Crippen molar-refractivity contribution in [3.05, 3.63) is 95.1 Å².